The van der Waals surface area contributed by atoms with Crippen molar-refractivity contribution in [2.24, 2.45) is 11.8 Å². The predicted molar refractivity (Wildman–Crippen MR) is 105 cm³/mol. The highest BCUT2D eigenvalue weighted by molar-refractivity contribution is 5.99. The zero-order valence-electron chi connectivity index (χ0n) is 17.3. The summed E-state index contributed by atoms with van der Waals surface area (Å²) < 4.78 is 16.9. The van der Waals surface area contributed by atoms with Gasteiger partial charge in [-0.05, 0) is 6.42 Å². The highest BCUT2D eigenvalue weighted by Gasteiger charge is 2.82. The summed E-state index contributed by atoms with van der Waals surface area (Å²) in [5, 5.41) is 0. The standard InChI is InChI=1S/C23H36O5/c1-2-3-4-5-6-7-8-9-10-11-12-13-14-15-23-17-16(21(24)27-22(17)25)18(28-23)19-20(23)26-19/h16-20H,2-15H2,1H3. The van der Waals surface area contributed by atoms with E-state index in [9.17, 15) is 9.59 Å². The Labute approximate surface area is 168 Å². The summed E-state index contributed by atoms with van der Waals surface area (Å²) in [6.07, 6.45) is 17.7. The Morgan fingerprint density at radius 1 is 0.750 bits per heavy atom. The number of epoxide rings is 1. The van der Waals surface area contributed by atoms with Gasteiger partial charge in [-0.25, -0.2) is 0 Å². The Bertz CT molecular complexity index is 575. The molecule has 4 aliphatic heterocycles. The molecule has 0 radical (unpaired) electrons. The fourth-order valence-electron chi connectivity index (χ4n) is 5.80. The van der Waals surface area contributed by atoms with Gasteiger partial charge in [-0.1, -0.05) is 90.4 Å². The summed E-state index contributed by atoms with van der Waals surface area (Å²) in [4.78, 5) is 24.2. The van der Waals surface area contributed by atoms with E-state index in [1.807, 2.05) is 0 Å². The Balaban J connectivity index is 1.07. The Hall–Kier alpha value is -0.940. The van der Waals surface area contributed by atoms with E-state index in [4.69, 9.17) is 14.2 Å². The van der Waals surface area contributed by atoms with Crippen LogP contribution in [0.4, 0.5) is 0 Å². The second kappa shape index (κ2) is 8.83. The van der Waals surface area contributed by atoms with Gasteiger partial charge in [-0.15, -0.1) is 0 Å². The minimum atomic E-state index is -0.582. The molecule has 158 valence electrons. The number of ether oxygens (including phenoxy) is 3. The van der Waals surface area contributed by atoms with Gasteiger partial charge in [-0.3, -0.25) is 9.59 Å². The smallest absolute Gasteiger partial charge is 0.320 e. The van der Waals surface area contributed by atoms with E-state index < -0.39 is 23.4 Å². The normalized spacial score (nSPS) is 37.2. The van der Waals surface area contributed by atoms with Gasteiger partial charge < -0.3 is 14.2 Å². The summed E-state index contributed by atoms with van der Waals surface area (Å²) in [5.41, 5.74) is -0.582. The third-order valence-electron chi connectivity index (χ3n) is 7.32. The Kier molecular flexibility index (Phi) is 6.41. The molecule has 0 spiro atoms. The summed E-state index contributed by atoms with van der Waals surface area (Å²) in [6, 6.07) is 0. The van der Waals surface area contributed by atoms with Crippen LogP contribution >= 0.6 is 0 Å². The molecule has 4 aliphatic rings. The van der Waals surface area contributed by atoms with Gasteiger partial charge in [0.05, 0.1) is 0 Å². The molecule has 4 heterocycles. The summed E-state index contributed by atoms with van der Waals surface area (Å²) in [6.45, 7) is 2.27. The molecule has 0 aliphatic carbocycles. The number of carbonyl (C=O) groups is 2. The van der Waals surface area contributed by atoms with Crippen LogP contribution < -0.4 is 0 Å². The molecule has 5 nitrogen and oxygen atoms in total. The lowest BCUT2D eigenvalue weighted by Gasteiger charge is -2.29. The third-order valence-corrected chi connectivity index (χ3v) is 7.32. The predicted octanol–water partition coefficient (Wildman–Crippen LogP) is 4.70. The number of cyclic esters (lactones) is 2. The first-order valence-electron chi connectivity index (χ1n) is 11.8. The lowest BCUT2D eigenvalue weighted by molar-refractivity contribution is -0.163. The summed E-state index contributed by atoms with van der Waals surface area (Å²) >= 11 is 0. The molecule has 0 aromatic rings. The van der Waals surface area contributed by atoms with Gasteiger partial charge in [0.15, 0.2) is 0 Å². The van der Waals surface area contributed by atoms with E-state index in [0.717, 1.165) is 19.3 Å². The quantitative estimate of drug-likeness (QED) is 0.185. The molecule has 0 N–H and O–H groups in total. The van der Waals surface area contributed by atoms with Crippen molar-refractivity contribution in [1.82, 2.24) is 0 Å². The van der Waals surface area contributed by atoms with E-state index in [2.05, 4.69) is 6.92 Å². The van der Waals surface area contributed by atoms with Crippen molar-refractivity contribution in [3.05, 3.63) is 0 Å². The van der Waals surface area contributed by atoms with Crippen LogP contribution in [0.1, 0.15) is 96.8 Å². The van der Waals surface area contributed by atoms with Gasteiger partial charge in [0.2, 0.25) is 0 Å². The highest BCUT2D eigenvalue weighted by atomic mass is 16.7. The van der Waals surface area contributed by atoms with E-state index >= 15 is 0 Å². The topological polar surface area (TPSA) is 65.1 Å². The average Bonchev–Trinajstić information content (AvgIpc) is 3.24. The number of fused-ring (bicyclic) bond motifs is 8. The average molecular weight is 393 g/mol. The van der Waals surface area contributed by atoms with Gasteiger partial charge >= 0.3 is 11.9 Å². The first kappa shape index (κ1) is 20.3. The van der Waals surface area contributed by atoms with Crippen LogP contribution in [0.3, 0.4) is 0 Å². The fraction of sp³-hybridized carbons (Fsp3) is 0.913. The van der Waals surface area contributed by atoms with Gasteiger partial charge in [0.1, 0.15) is 35.7 Å². The van der Waals surface area contributed by atoms with Gasteiger partial charge in [-0.2, -0.15) is 0 Å². The zero-order chi connectivity index (χ0) is 19.6. The van der Waals surface area contributed by atoms with Crippen molar-refractivity contribution in [3.63, 3.8) is 0 Å². The molecule has 0 aromatic heterocycles. The minimum absolute atomic E-state index is 0.00882. The summed E-state index contributed by atoms with van der Waals surface area (Å²) in [5.74, 6) is -1.63. The number of carbonyl (C=O) groups excluding carboxylic acids is 2. The van der Waals surface area contributed by atoms with Crippen LogP contribution in [0.5, 0.6) is 0 Å². The zero-order valence-corrected chi connectivity index (χ0v) is 17.3. The largest absolute Gasteiger partial charge is 0.393 e. The van der Waals surface area contributed by atoms with Crippen molar-refractivity contribution >= 4 is 11.9 Å². The molecule has 2 bridgehead atoms. The SMILES string of the molecule is CCCCCCCCCCCCCCCC12OC(C3OC31)C1C(=O)OC(=O)C12. The number of hydrogen-bond acceptors (Lipinski definition) is 5. The van der Waals surface area contributed by atoms with Crippen LogP contribution in [0.25, 0.3) is 0 Å². The molecular weight excluding hydrogens is 356 g/mol. The third kappa shape index (κ3) is 3.77. The molecule has 0 aromatic carbocycles. The van der Waals surface area contributed by atoms with Crippen molar-refractivity contribution in [3.8, 4) is 0 Å². The molecule has 6 atom stereocenters. The lowest BCUT2D eigenvalue weighted by Crippen LogP contribution is -2.45. The maximum Gasteiger partial charge on any atom is 0.320 e. The van der Waals surface area contributed by atoms with E-state index in [0.29, 0.717) is 0 Å². The molecule has 6 unspecified atom stereocenters. The van der Waals surface area contributed by atoms with Crippen LogP contribution in [0, 0.1) is 11.8 Å². The van der Waals surface area contributed by atoms with Crippen molar-refractivity contribution in [2.75, 3.05) is 0 Å². The number of unbranched alkanes of at least 4 members (excludes halogenated alkanes) is 12. The van der Waals surface area contributed by atoms with Crippen molar-refractivity contribution in [1.29, 1.82) is 0 Å². The van der Waals surface area contributed by atoms with E-state index in [1.54, 1.807) is 0 Å². The maximum absolute atomic E-state index is 12.2. The minimum Gasteiger partial charge on any atom is -0.393 e. The van der Waals surface area contributed by atoms with Gasteiger partial charge in [0.25, 0.3) is 0 Å². The van der Waals surface area contributed by atoms with Crippen LogP contribution in [0.2, 0.25) is 0 Å². The molecule has 5 heteroatoms. The first-order valence-corrected chi connectivity index (χ1v) is 11.8. The van der Waals surface area contributed by atoms with E-state index in [1.165, 1.54) is 70.6 Å². The monoisotopic (exact) mass is 392 g/mol. The van der Waals surface area contributed by atoms with E-state index in [-0.39, 0.29) is 24.3 Å². The second-order valence-corrected chi connectivity index (χ2v) is 9.29. The molecule has 28 heavy (non-hydrogen) atoms. The molecule has 4 fully saturated rings. The number of rotatable bonds is 14. The highest BCUT2D eigenvalue weighted by Crippen LogP contribution is 2.64. The Morgan fingerprint density at radius 3 is 1.93 bits per heavy atom. The number of hydrogen-bond donors (Lipinski definition) is 0. The molecule has 0 amide bonds. The molecular formula is C23H36O5. The summed E-state index contributed by atoms with van der Waals surface area (Å²) in [7, 11) is 0. The number of esters is 2. The van der Waals surface area contributed by atoms with Crippen LogP contribution in [0.15, 0.2) is 0 Å². The fourth-order valence-corrected chi connectivity index (χ4v) is 5.80. The van der Waals surface area contributed by atoms with Crippen LogP contribution in [-0.2, 0) is 23.8 Å². The molecule has 0 saturated carbocycles. The van der Waals surface area contributed by atoms with Gasteiger partial charge in [0, 0.05) is 0 Å². The molecule has 4 saturated heterocycles. The Morgan fingerprint density at radius 2 is 1.32 bits per heavy atom. The van der Waals surface area contributed by atoms with Crippen molar-refractivity contribution < 1.29 is 23.8 Å². The maximum atomic E-state index is 12.2. The second-order valence-electron chi connectivity index (χ2n) is 9.29. The first-order chi connectivity index (χ1) is 13.7. The lowest BCUT2D eigenvalue weighted by atomic mass is 9.71. The molecule has 4 rings (SSSR count). The van der Waals surface area contributed by atoms with Crippen molar-refractivity contribution in [2.45, 2.75) is 121 Å². The van der Waals surface area contributed by atoms with Crippen LogP contribution in [-0.4, -0.2) is 35.9 Å².